The maximum atomic E-state index is 10.1. The third kappa shape index (κ3) is 4.77. The first-order valence-corrected chi connectivity index (χ1v) is 9.58. The number of benzene rings is 2. The number of thiophene rings is 1. The van der Waals surface area contributed by atoms with Crippen LogP contribution < -0.4 is 15.8 Å². The van der Waals surface area contributed by atoms with Gasteiger partial charge in [0.2, 0.25) is 0 Å². The van der Waals surface area contributed by atoms with Crippen molar-refractivity contribution in [1.82, 2.24) is 5.32 Å². The fourth-order valence-corrected chi connectivity index (χ4v) is 3.51. The average molecular weight is 389 g/mol. The summed E-state index contributed by atoms with van der Waals surface area (Å²) in [4.78, 5) is 0. The van der Waals surface area contributed by atoms with Gasteiger partial charge in [0.25, 0.3) is 0 Å². The number of para-hydroxylation sites is 1. The van der Waals surface area contributed by atoms with Crippen LogP contribution in [0.4, 0.5) is 5.00 Å². The summed E-state index contributed by atoms with van der Waals surface area (Å²) in [7, 11) is 0. The minimum atomic E-state index is -0.635. The lowest BCUT2D eigenvalue weighted by molar-refractivity contribution is 0.106. The van der Waals surface area contributed by atoms with Gasteiger partial charge in [-0.3, -0.25) is 0 Å². The number of halogens is 1. The van der Waals surface area contributed by atoms with Gasteiger partial charge in [0.1, 0.15) is 18.5 Å². The predicted molar refractivity (Wildman–Crippen MR) is 109 cm³/mol. The second-order valence-electron chi connectivity index (χ2n) is 5.88. The molecule has 4 nitrogen and oxygen atoms in total. The summed E-state index contributed by atoms with van der Waals surface area (Å²) >= 11 is 7.57. The number of nitrogens with two attached hydrogens (primary N) is 1. The first kappa shape index (κ1) is 18.7. The summed E-state index contributed by atoms with van der Waals surface area (Å²) in [5.41, 5.74) is 9.35. The van der Waals surface area contributed by atoms with E-state index in [0.29, 0.717) is 23.9 Å². The number of ether oxygens (including phenoxy) is 1. The molecule has 0 spiro atoms. The van der Waals surface area contributed by atoms with Gasteiger partial charge < -0.3 is 20.9 Å². The van der Waals surface area contributed by atoms with E-state index >= 15 is 0 Å². The zero-order valence-corrected chi connectivity index (χ0v) is 15.8. The van der Waals surface area contributed by atoms with Crippen molar-refractivity contribution in [2.24, 2.45) is 0 Å². The van der Waals surface area contributed by atoms with E-state index in [0.717, 1.165) is 21.7 Å². The maximum absolute atomic E-state index is 10.1. The molecule has 136 valence electrons. The Bertz CT molecular complexity index is 853. The Hall–Kier alpha value is -2.05. The molecule has 1 unspecified atom stereocenters. The highest BCUT2D eigenvalue weighted by Crippen LogP contribution is 2.32. The van der Waals surface area contributed by atoms with E-state index in [1.165, 1.54) is 11.3 Å². The van der Waals surface area contributed by atoms with Crippen LogP contribution in [0.15, 0.2) is 60.0 Å². The minimum Gasteiger partial charge on any atom is -0.489 e. The maximum Gasteiger partial charge on any atom is 0.138 e. The molecular weight excluding hydrogens is 368 g/mol. The number of hydrogen-bond donors (Lipinski definition) is 3. The Morgan fingerprint density at radius 1 is 1.08 bits per heavy atom. The van der Waals surface area contributed by atoms with Crippen molar-refractivity contribution >= 4 is 27.9 Å². The third-order valence-electron chi connectivity index (χ3n) is 3.97. The van der Waals surface area contributed by atoms with E-state index in [1.807, 2.05) is 35.7 Å². The van der Waals surface area contributed by atoms with Crippen LogP contribution in [0.25, 0.3) is 11.1 Å². The Balaban J connectivity index is 1.52. The topological polar surface area (TPSA) is 67.5 Å². The monoisotopic (exact) mass is 388 g/mol. The van der Waals surface area contributed by atoms with Gasteiger partial charge in [0.15, 0.2) is 0 Å². The smallest absolute Gasteiger partial charge is 0.138 e. The highest BCUT2D eigenvalue weighted by atomic mass is 35.5. The molecule has 2 aromatic carbocycles. The van der Waals surface area contributed by atoms with Gasteiger partial charge in [0.05, 0.1) is 10.0 Å². The molecule has 0 aliphatic rings. The van der Waals surface area contributed by atoms with Crippen molar-refractivity contribution in [2.75, 3.05) is 18.9 Å². The molecule has 0 bridgehead atoms. The number of aliphatic hydroxyl groups excluding tert-OH is 1. The van der Waals surface area contributed by atoms with Crippen LogP contribution in [0.3, 0.4) is 0 Å². The summed E-state index contributed by atoms with van der Waals surface area (Å²) < 4.78 is 5.56. The van der Waals surface area contributed by atoms with Gasteiger partial charge in [0, 0.05) is 18.7 Å². The van der Waals surface area contributed by atoms with Gasteiger partial charge in [-0.15, -0.1) is 11.3 Å². The fourth-order valence-electron chi connectivity index (χ4n) is 2.66. The predicted octanol–water partition coefficient (Wildman–Crippen LogP) is 4.18. The van der Waals surface area contributed by atoms with Crippen LogP contribution in [-0.2, 0) is 6.54 Å². The average Bonchev–Trinajstić information content (AvgIpc) is 3.07. The van der Waals surface area contributed by atoms with E-state index in [9.17, 15) is 5.11 Å². The van der Waals surface area contributed by atoms with Crippen LogP contribution in [0.2, 0.25) is 5.02 Å². The second-order valence-corrected chi connectivity index (χ2v) is 7.24. The van der Waals surface area contributed by atoms with Crippen LogP contribution in [0.5, 0.6) is 5.75 Å². The molecule has 1 heterocycles. The van der Waals surface area contributed by atoms with Crippen molar-refractivity contribution in [3.8, 4) is 16.9 Å². The van der Waals surface area contributed by atoms with Crippen molar-refractivity contribution in [3.63, 3.8) is 0 Å². The van der Waals surface area contributed by atoms with E-state index < -0.39 is 6.10 Å². The highest BCUT2D eigenvalue weighted by molar-refractivity contribution is 7.14. The molecule has 0 saturated carbocycles. The summed E-state index contributed by atoms with van der Waals surface area (Å²) in [6.45, 7) is 1.22. The van der Waals surface area contributed by atoms with E-state index in [2.05, 4.69) is 17.4 Å². The summed E-state index contributed by atoms with van der Waals surface area (Å²) in [5.74, 6) is 0.575. The molecule has 0 fully saturated rings. The molecule has 0 aliphatic heterocycles. The van der Waals surface area contributed by atoms with Crippen molar-refractivity contribution in [1.29, 1.82) is 0 Å². The number of rotatable bonds is 8. The zero-order chi connectivity index (χ0) is 18.4. The molecule has 0 radical (unpaired) electrons. The Morgan fingerprint density at radius 2 is 1.85 bits per heavy atom. The molecule has 3 rings (SSSR count). The first-order valence-electron chi connectivity index (χ1n) is 8.32. The molecule has 6 heteroatoms. The molecule has 3 aromatic rings. The number of aliphatic hydroxyl groups is 1. The molecule has 4 N–H and O–H groups in total. The largest absolute Gasteiger partial charge is 0.489 e. The number of nitrogen functional groups attached to an aromatic ring is 1. The summed E-state index contributed by atoms with van der Waals surface area (Å²) in [6.07, 6.45) is -0.635. The normalized spacial score (nSPS) is 12.1. The fraction of sp³-hybridized carbons (Fsp3) is 0.200. The van der Waals surface area contributed by atoms with Crippen molar-refractivity contribution < 1.29 is 9.84 Å². The Labute approximate surface area is 162 Å². The second kappa shape index (κ2) is 9.05. The Kier molecular flexibility index (Phi) is 6.52. The number of hydrogen-bond acceptors (Lipinski definition) is 5. The lowest BCUT2D eigenvalue weighted by Crippen LogP contribution is -2.31. The Morgan fingerprint density at radius 3 is 2.62 bits per heavy atom. The molecular formula is C20H21ClN2O2S. The summed E-state index contributed by atoms with van der Waals surface area (Å²) in [5, 5.41) is 16.7. The van der Waals surface area contributed by atoms with Gasteiger partial charge >= 0.3 is 0 Å². The molecule has 26 heavy (non-hydrogen) atoms. The van der Waals surface area contributed by atoms with Crippen LogP contribution in [0.1, 0.15) is 5.56 Å². The molecule has 0 saturated heterocycles. The van der Waals surface area contributed by atoms with Crippen LogP contribution >= 0.6 is 22.9 Å². The third-order valence-corrected chi connectivity index (χ3v) is 5.02. The molecule has 0 amide bonds. The quantitative estimate of drug-likeness (QED) is 0.541. The SMILES string of the molecule is Nc1sccc1-c1ccccc1CNCC(O)COc1ccccc1Cl. The van der Waals surface area contributed by atoms with Gasteiger partial charge in [-0.25, -0.2) is 0 Å². The van der Waals surface area contributed by atoms with Crippen molar-refractivity contribution in [2.45, 2.75) is 12.6 Å². The van der Waals surface area contributed by atoms with E-state index in [4.69, 9.17) is 22.1 Å². The molecule has 1 aromatic heterocycles. The van der Waals surface area contributed by atoms with E-state index in [-0.39, 0.29) is 6.61 Å². The lowest BCUT2D eigenvalue weighted by Gasteiger charge is -2.15. The number of anilines is 1. The van der Waals surface area contributed by atoms with Gasteiger partial charge in [-0.05, 0) is 34.7 Å². The lowest BCUT2D eigenvalue weighted by atomic mass is 10.0. The first-order chi connectivity index (χ1) is 12.6. The van der Waals surface area contributed by atoms with E-state index in [1.54, 1.807) is 12.1 Å². The van der Waals surface area contributed by atoms with Gasteiger partial charge in [-0.2, -0.15) is 0 Å². The molecule has 0 aliphatic carbocycles. The standard InChI is InChI=1S/C20H21ClN2O2S/c21-18-7-3-4-8-19(18)25-13-15(24)12-23-11-14-5-1-2-6-16(14)17-9-10-26-20(17)22/h1-10,15,23-24H,11-13,22H2. The number of nitrogens with one attached hydrogen (secondary N) is 1. The summed E-state index contributed by atoms with van der Waals surface area (Å²) in [6, 6.07) is 17.4. The zero-order valence-electron chi connectivity index (χ0n) is 14.2. The van der Waals surface area contributed by atoms with Crippen LogP contribution in [0, 0.1) is 0 Å². The minimum absolute atomic E-state index is 0.176. The molecule has 1 atom stereocenters. The van der Waals surface area contributed by atoms with Gasteiger partial charge in [-0.1, -0.05) is 48.0 Å². The van der Waals surface area contributed by atoms with Crippen LogP contribution in [-0.4, -0.2) is 24.4 Å². The van der Waals surface area contributed by atoms with Crippen molar-refractivity contribution in [3.05, 3.63) is 70.6 Å². The highest BCUT2D eigenvalue weighted by Gasteiger charge is 2.10.